The number of rotatable bonds is 6. The second-order valence-corrected chi connectivity index (χ2v) is 7.31. The number of pyridine rings is 1. The molecule has 0 aliphatic carbocycles. The van der Waals surface area contributed by atoms with E-state index in [2.05, 4.69) is 25.8 Å². The van der Waals surface area contributed by atoms with Crippen LogP contribution >= 0.6 is 0 Å². The molecule has 1 aromatic carbocycles. The molecule has 0 fully saturated rings. The number of nitrogens with two attached hydrogens (primary N) is 1. The van der Waals surface area contributed by atoms with Gasteiger partial charge in [-0.15, -0.1) is 5.10 Å². The molecule has 1 aliphatic rings. The monoisotopic (exact) mass is 437 g/mol. The van der Waals surface area contributed by atoms with Crippen LogP contribution < -0.4 is 25.8 Å². The van der Waals surface area contributed by atoms with Gasteiger partial charge in [0.05, 0.1) is 26.3 Å². The van der Waals surface area contributed by atoms with Crippen LogP contribution in [-0.2, 0) is 0 Å². The molecule has 0 radical (unpaired) electrons. The molecule has 5 N–H and O–H groups in total. The highest BCUT2D eigenvalue weighted by Gasteiger charge is 2.37. The number of aromatic nitrogens is 3. The lowest BCUT2D eigenvalue weighted by Crippen LogP contribution is -2.57. The zero-order chi connectivity index (χ0) is 22.7. The lowest BCUT2D eigenvalue weighted by Gasteiger charge is -2.37. The first-order valence-electron chi connectivity index (χ1n) is 9.91. The maximum atomic E-state index is 13.4. The third-order valence-corrected chi connectivity index (χ3v) is 5.20. The first kappa shape index (κ1) is 21.3. The van der Waals surface area contributed by atoms with Crippen LogP contribution in [0, 0.1) is 5.82 Å². The van der Waals surface area contributed by atoms with Gasteiger partial charge in [0.15, 0.2) is 5.79 Å². The fraction of sp³-hybridized carbons (Fsp3) is 0.227. The van der Waals surface area contributed by atoms with Crippen LogP contribution in [-0.4, -0.2) is 41.0 Å². The Hall–Kier alpha value is -3.92. The number of amidine groups is 1. The number of nitrogens with one attached hydrogen (secondary N) is 3. The third kappa shape index (κ3) is 4.40. The molecule has 3 heterocycles. The topological polar surface area (TPSA) is 122 Å². The van der Waals surface area contributed by atoms with Crippen LogP contribution in [0.25, 0.3) is 5.70 Å². The molecule has 1 aliphatic heterocycles. The molecule has 4 rings (SSSR count). The van der Waals surface area contributed by atoms with Gasteiger partial charge in [-0.25, -0.2) is 9.38 Å². The number of methoxy groups -OCH3 is 2. The largest absolute Gasteiger partial charge is 0.497 e. The Balaban J connectivity index is 1.71. The van der Waals surface area contributed by atoms with E-state index < -0.39 is 17.5 Å². The van der Waals surface area contributed by atoms with E-state index in [4.69, 9.17) is 20.2 Å². The van der Waals surface area contributed by atoms with Crippen molar-refractivity contribution in [3.8, 4) is 11.6 Å². The van der Waals surface area contributed by atoms with Crippen molar-refractivity contribution in [2.75, 3.05) is 19.5 Å². The quantitative estimate of drug-likeness (QED) is 0.468. The molecule has 9 nitrogen and oxygen atoms in total. The fourth-order valence-electron chi connectivity index (χ4n) is 3.32. The number of benzene rings is 1. The highest BCUT2D eigenvalue weighted by Crippen LogP contribution is 2.30. The average molecular weight is 437 g/mol. The van der Waals surface area contributed by atoms with Crippen molar-refractivity contribution in [3.05, 3.63) is 71.8 Å². The van der Waals surface area contributed by atoms with E-state index in [0.717, 1.165) is 23.2 Å². The van der Waals surface area contributed by atoms with E-state index in [9.17, 15) is 4.39 Å². The highest BCUT2D eigenvalue weighted by molar-refractivity contribution is 6.08. The standard InChI is InChI=1S/C22H24FN7O2/c1-13(17-9-6-15(23)12-25-17)22(24)27-18(14-4-7-16(31-2)8-5-14)10-19(28-22)26-20-11-21(32-3)30-29-20/h4-13,27H,24H2,1-3H3,(H2,26,28,29,30)/t13-,22?/m0/s1. The van der Waals surface area contributed by atoms with Crippen LogP contribution in [0.5, 0.6) is 11.6 Å². The summed E-state index contributed by atoms with van der Waals surface area (Å²) in [5, 5.41) is 13.4. The zero-order valence-electron chi connectivity index (χ0n) is 17.9. The Morgan fingerprint density at radius 2 is 1.91 bits per heavy atom. The van der Waals surface area contributed by atoms with Crippen LogP contribution in [0.3, 0.4) is 0 Å². The van der Waals surface area contributed by atoms with Crippen LogP contribution in [0.15, 0.2) is 59.7 Å². The SMILES string of the molecule is COc1ccc(C2=CC(Nc3cc(OC)n[nH]3)=NC(N)([C@@H](C)c3ccc(F)cn3)N2)cc1. The summed E-state index contributed by atoms with van der Waals surface area (Å²) in [7, 11) is 3.15. The highest BCUT2D eigenvalue weighted by atomic mass is 19.1. The van der Waals surface area contributed by atoms with Gasteiger partial charge in [-0.05, 0) is 42.0 Å². The molecule has 0 amide bonds. The van der Waals surface area contributed by atoms with E-state index in [-0.39, 0.29) is 0 Å². The summed E-state index contributed by atoms with van der Waals surface area (Å²) in [4.78, 5) is 8.89. The summed E-state index contributed by atoms with van der Waals surface area (Å²) in [5.41, 5.74) is 8.97. The summed E-state index contributed by atoms with van der Waals surface area (Å²) in [5.74, 6) is 0.190. The molecular weight excluding hydrogens is 413 g/mol. The van der Waals surface area contributed by atoms with Crippen molar-refractivity contribution in [3.63, 3.8) is 0 Å². The Kier molecular flexibility index (Phi) is 5.78. The van der Waals surface area contributed by atoms with Crippen LogP contribution in [0.2, 0.25) is 0 Å². The zero-order valence-corrected chi connectivity index (χ0v) is 17.9. The maximum Gasteiger partial charge on any atom is 0.234 e. The number of anilines is 1. The molecule has 32 heavy (non-hydrogen) atoms. The molecule has 1 unspecified atom stereocenters. The number of hydrogen-bond donors (Lipinski definition) is 4. The molecule has 3 aromatic rings. The molecule has 0 saturated carbocycles. The molecule has 166 valence electrons. The lowest BCUT2D eigenvalue weighted by molar-refractivity contribution is 0.334. The van der Waals surface area contributed by atoms with E-state index >= 15 is 0 Å². The summed E-state index contributed by atoms with van der Waals surface area (Å²) >= 11 is 0. The van der Waals surface area contributed by atoms with E-state index in [0.29, 0.717) is 23.2 Å². The second kappa shape index (κ2) is 8.67. The second-order valence-electron chi connectivity index (χ2n) is 7.31. The first-order chi connectivity index (χ1) is 15.4. The summed E-state index contributed by atoms with van der Waals surface area (Å²) in [6.07, 6.45) is 3.00. The predicted octanol–water partition coefficient (Wildman–Crippen LogP) is 2.83. The Morgan fingerprint density at radius 1 is 1.12 bits per heavy atom. The third-order valence-electron chi connectivity index (χ3n) is 5.20. The molecule has 10 heteroatoms. The smallest absolute Gasteiger partial charge is 0.234 e. The summed E-state index contributed by atoms with van der Waals surface area (Å²) in [6, 6.07) is 12.2. The first-order valence-corrected chi connectivity index (χ1v) is 9.91. The molecule has 0 bridgehead atoms. The minimum Gasteiger partial charge on any atom is -0.497 e. The number of nitrogens with zero attached hydrogens (tertiary/aromatic N) is 3. The molecule has 2 aromatic heterocycles. The van der Waals surface area contributed by atoms with Gasteiger partial charge in [-0.1, -0.05) is 6.92 Å². The van der Waals surface area contributed by atoms with E-state index in [1.54, 1.807) is 19.2 Å². The Labute approximate surface area is 184 Å². The van der Waals surface area contributed by atoms with Crippen molar-refractivity contribution in [1.82, 2.24) is 20.5 Å². The van der Waals surface area contributed by atoms with Gasteiger partial charge in [0.25, 0.3) is 0 Å². The number of halogens is 1. The predicted molar refractivity (Wildman–Crippen MR) is 120 cm³/mol. The van der Waals surface area contributed by atoms with Crippen LogP contribution in [0.1, 0.15) is 24.1 Å². The number of H-pyrrole nitrogens is 1. The number of aromatic amines is 1. The van der Waals surface area contributed by atoms with Crippen molar-refractivity contribution in [2.45, 2.75) is 18.6 Å². The maximum absolute atomic E-state index is 13.4. The molecule has 0 spiro atoms. The van der Waals surface area contributed by atoms with Gasteiger partial charge < -0.3 is 20.1 Å². The van der Waals surface area contributed by atoms with Crippen molar-refractivity contribution >= 4 is 17.4 Å². The number of ether oxygens (including phenoxy) is 2. The van der Waals surface area contributed by atoms with Crippen molar-refractivity contribution in [1.29, 1.82) is 0 Å². The minimum absolute atomic E-state index is 0.391. The van der Waals surface area contributed by atoms with Crippen molar-refractivity contribution in [2.24, 2.45) is 10.7 Å². The van der Waals surface area contributed by atoms with E-state index in [1.165, 1.54) is 13.2 Å². The number of hydrogen-bond acceptors (Lipinski definition) is 8. The van der Waals surface area contributed by atoms with Gasteiger partial charge in [0, 0.05) is 23.5 Å². The van der Waals surface area contributed by atoms with E-state index in [1.807, 2.05) is 37.3 Å². The average Bonchev–Trinajstić information content (AvgIpc) is 3.26. The molecular formula is C22H24FN7O2. The van der Waals surface area contributed by atoms with Gasteiger partial charge in [-0.2, -0.15) is 0 Å². The molecule has 2 atom stereocenters. The van der Waals surface area contributed by atoms with Crippen LogP contribution in [0.4, 0.5) is 10.2 Å². The van der Waals surface area contributed by atoms with Crippen molar-refractivity contribution < 1.29 is 13.9 Å². The van der Waals surface area contributed by atoms with Gasteiger partial charge >= 0.3 is 0 Å². The summed E-state index contributed by atoms with van der Waals surface area (Å²) < 4.78 is 23.8. The van der Waals surface area contributed by atoms with Gasteiger partial charge in [0.2, 0.25) is 5.88 Å². The van der Waals surface area contributed by atoms with Gasteiger partial charge in [-0.3, -0.25) is 15.8 Å². The fourth-order valence-corrected chi connectivity index (χ4v) is 3.32. The number of aliphatic imine (C=N–C) groups is 1. The summed E-state index contributed by atoms with van der Waals surface area (Å²) in [6.45, 7) is 1.88. The molecule has 0 saturated heterocycles. The normalized spacial score (nSPS) is 18.8. The Bertz CT molecular complexity index is 1140. The Morgan fingerprint density at radius 3 is 2.53 bits per heavy atom. The minimum atomic E-state index is -1.26. The van der Waals surface area contributed by atoms with Gasteiger partial charge in [0.1, 0.15) is 23.2 Å². The lowest BCUT2D eigenvalue weighted by atomic mass is 9.96.